The van der Waals surface area contributed by atoms with Crippen LogP contribution in [-0.2, 0) is 9.53 Å². The van der Waals surface area contributed by atoms with Crippen LogP contribution in [0.2, 0.25) is 0 Å². The lowest BCUT2D eigenvalue weighted by Gasteiger charge is -2.32. The zero-order valence-electron chi connectivity index (χ0n) is 12.9. The van der Waals surface area contributed by atoms with Crippen LogP contribution >= 0.6 is 0 Å². The molecule has 21 heavy (non-hydrogen) atoms. The summed E-state index contributed by atoms with van der Waals surface area (Å²) in [6.07, 6.45) is 0. The molecule has 0 N–H and O–H groups in total. The fourth-order valence-corrected chi connectivity index (χ4v) is 2.27. The first kappa shape index (κ1) is 17.0. The van der Waals surface area contributed by atoms with Gasteiger partial charge in [-0.2, -0.15) is 0 Å². The van der Waals surface area contributed by atoms with Gasteiger partial charge < -0.3 is 9.64 Å². The van der Waals surface area contributed by atoms with Crippen LogP contribution in [0.5, 0.6) is 0 Å². The molecule has 0 heterocycles. The van der Waals surface area contributed by atoms with Crippen LogP contribution in [0.1, 0.15) is 25.3 Å². The van der Waals surface area contributed by atoms with Gasteiger partial charge in [-0.05, 0) is 39.0 Å². The Hall–Kier alpha value is -2.04. The summed E-state index contributed by atoms with van der Waals surface area (Å²) in [4.78, 5) is 17.0. The first-order valence-electron chi connectivity index (χ1n) is 6.95. The van der Waals surface area contributed by atoms with E-state index in [0.717, 1.165) is 5.56 Å². The van der Waals surface area contributed by atoms with Crippen molar-refractivity contribution in [2.75, 3.05) is 20.7 Å². The van der Waals surface area contributed by atoms with Crippen LogP contribution < -0.4 is 0 Å². The molecule has 0 aliphatic carbocycles. The van der Waals surface area contributed by atoms with Gasteiger partial charge in [0, 0.05) is 16.9 Å². The number of carbonyl (C=O) groups excluding carboxylic acids is 1. The van der Waals surface area contributed by atoms with E-state index in [2.05, 4.69) is 10.0 Å². The predicted molar refractivity (Wildman–Crippen MR) is 81.9 cm³/mol. The van der Waals surface area contributed by atoms with Gasteiger partial charge in [0.1, 0.15) is 6.04 Å². The van der Waals surface area contributed by atoms with E-state index in [4.69, 9.17) is 10.3 Å². The van der Waals surface area contributed by atoms with E-state index < -0.39 is 12.0 Å². The summed E-state index contributed by atoms with van der Waals surface area (Å²) < 4.78 is 5.07. The zero-order chi connectivity index (χ0) is 15.8. The van der Waals surface area contributed by atoms with Crippen molar-refractivity contribution in [3.05, 3.63) is 46.3 Å². The van der Waals surface area contributed by atoms with Crippen molar-refractivity contribution in [3.8, 4) is 0 Å². The van der Waals surface area contributed by atoms with E-state index in [0.29, 0.717) is 0 Å². The zero-order valence-corrected chi connectivity index (χ0v) is 12.9. The second kappa shape index (κ2) is 8.29. The van der Waals surface area contributed by atoms with Crippen LogP contribution in [0.15, 0.2) is 35.4 Å². The number of benzene rings is 1. The van der Waals surface area contributed by atoms with Gasteiger partial charge in [-0.3, -0.25) is 4.79 Å². The van der Waals surface area contributed by atoms with Gasteiger partial charge in [0.15, 0.2) is 0 Å². The lowest BCUT2D eigenvalue weighted by molar-refractivity contribution is -0.145. The molecule has 6 heteroatoms. The molecule has 1 aromatic carbocycles. The second-order valence-corrected chi connectivity index (χ2v) is 5.04. The highest BCUT2D eigenvalue weighted by Crippen LogP contribution is 2.29. The summed E-state index contributed by atoms with van der Waals surface area (Å²) in [5, 5.41) is 3.70. The Kier molecular flexibility index (Phi) is 6.72. The Morgan fingerprint density at radius 1 is 1.38 bits per heavy atom. The molecule has 0 radical (unpaired) electrons. The lowest BCUT2D eigenvalue weighted by atomic mass is 9.85. The molecule has 0 aliphatic rings. The normalized spacial score (nSPS) is 14.9. The maximum atomic E-state index is 12.2. The van der Waals surface area contributed by atoms with E-state index in [1.165, 1.54) is 0 Å². The fourth-order valence-electron chi connectivity index (χ4n) is 2.27. The van der Waals surface area contributed by atoms with Crippen molar-refractivity contribution >= 4 is 5.97 Å². The van der Waals surface area contributed by atoms with E-state index in [-0.39, 0.29) is 18.6 Å². The van der Waals surface area contributed by atoms with Crippen LogP contribution in [0.25, 0.3) is 10.4 Å². The molecule has 0 bridgehead atoms. The average molecular weight is 290 g/mol. The highest BCUT2D eigenvalue weighted by Gasteiger charge is 2.34. The summed E-state index contributed by atoms with van der Waals surface area (Å²) >= 11 is 0. The van der Waals surface area contributed by atoms with E-state index >= 15 is 0 Å². The standard InChI is InChI=1S/C15H22N4O2/c1-5-21-15(20)14(17-18-16)13(11(2)19(3)4)12-9-7-6-8-10-12/h6-11,13-14H,5H2,1-4H3/t11-,13+,14+/m0/s1. The van der Waals surface area contributed by atoms with Gasteiger partial charge in [-0.1, -0.05) is 35.4 Å². The number of carbonyl (C=O) groups is 1. The third-order valence-corrected chi connectivity index (χ3v) is 3.56. The lowest BCUT2D eigenvalue weighted by Crippen LogP contribution is -2.40. The molecule has 3 atom stereocenters. The Morgan fingerprint density at radius 3 is 2.48 bits per heavy atom. The number of hydrogen-bond acceptors (Lipinski definition) is 4. The number of hydrogen-bond donors (Lipinski definition) is 0. The minimum atomic E-state index is -0.880. The van der Waals surface area contributed by atoms with Crippen molar-refractivity contribution in [2.24, 2.45) is 5.11 Å². The van der Waals surface area contributed by atoms with Gasteiger partial charge in [0.2, 0.25) is 0 Å². The maximum absolute atomic E-state index is 12.2. The van der Waals surface area contributed by atoms with Crippen molar-refractivity contribution < 1.29 is 9.53 Å². The average Bonchev–Trinajstić information content (AvgIpc) is 2.47. The van der Waals surface area contributed by atoms with Gasteiger partial charge in [0.05, 0.1) is 6.61 Å². The molecule has 0 fully saturated rings. The van der Waals surface area contributed by atoms with Gasteiger partial charge in [0.25, 0.3) is 0 Å². The first-order valence-corrected chi connectivity index (χ1v) is 6.95. The number of azide groups is 1. The molecule has 0 aromatic heterocycles. The molecule has 0 saturated heterocycles. The smallest absolute Gasteiger partial charge is 0.315 e. The van der Waals surface area contributed by atoms with E-state index in [1.807, 2.05) is 56.3 Å². The third kappa shape index (κ3) is 4.48. The number of nitrogens with zero attached hydrogens (tertiary/aromatic N) is 4. The molecule has 0 spiro atoms. The monoisotopic (exact) mass is 290 g/mol. The minimum Gasteiger partial charge on any atom is -0.466 e. The number of likely N-dealkylation sites (N-methyl/N-ethyl adjacent to an activating group) is 1. The van der Waals surface area contributed by atoms with Gasteiger partial charge in [-0.25, -0.2) is 0 Å². The van der Waals surface area contributed by atoms with Crippen molar-refractivity contribution in [1.29, 1.82) is 0 Å². The van der Waals surface area contributed by atoms with Crippen LogP contribution in [0.4, 0.5) is 0 Å². The Bertz CT molecular complexity index is 498. The SMILES string of the molecule is CCOC(=O)[C@H](N=[N+]=[N-])[C@@H](c1ccccc1)[C@H](C)N(C)C. The second-order valence-electron chi connectivity index (χ2n) is 5.04. The number of rotatable bonds is 7. The van der Waals surface area contributed by atoms with Crippen LogP contribution in [0.3, 0.4) is 0 Å². The van der Waals surface area contributed by atoms with Crippen LogP contribution in [0, 0.1) is 0 Å². The van der Waals surface area contributed by atoms with Crippen molar-refractivity contribution in [2.45, 2.75) is 31.8 Å². The molecule has 1 rings (SSSR count). The molecule has 0 unspecified atom stereocenters. The molecule has 6 nitrogen and oxygen atoms in total. The highest BCUT2D eigenvalue weighted by molar-refractivity contribution is 5.77. The van der Waals surface area contributed by atoms with E-state index in [9.17, 15) is 4.79 Å². The molecule has 114 valence electrons. The number of esters is 1. The molecule has 0 aliphatic heterocycles. The van der Waals surface area contributed by atoms with Crippen molar-refractivity contribution in [1.82, 2.24) is 4.90 Å². The van der Waals surface area contributed by atoms with Gasteiger partial charge >= 0.3 is 5.97 Å². The third-order valence-electron chi connectivity index (χ3n) is 3.56. The van der Waals surface area contributed by atoms with E-state index in [1.54, 1.807) is 6.92 Å². The molecule has 1 aromatic rings. The summed E-state index contributed by atoms with van der Waals surface area (Å²) in [5.74, 6) is -0.756. The summed E-state index contributed by atoms with van der Waals surface area (Å²) in [7, 11) is 3.86. The molecular formula is C15H22N4O2. The summed E-state index contributed by atoms with van der Waals surface area (Å²) in [6.45, 7) is 3.99. The number of ether oxygens (including phenoxy) is 1. The summed E-state index contributed by atoms with van der Waals surface area (Å²) in [6, 6.07) is 8.72. The Morgan fingerprint density at radius 2 is 2.00 bits per heavy atom. The summed E-state index contributed by atoms with van der Waals surface area (Å²) in [5.41, 5.74) is 9.76. The molecule has 0 saturated carbocycles. The van der Waals surface area contributed by atoms with Crippen molar-refractivity contribution in [3.63, 3.8) is 0 Å². The minimum absolute atomic E-state index is 0.00676. The fraction of sp³-hybridized carbons (Fsp3) is 0.533. The Balaban J connectivity index is 3.25. The maximum Gasteiger partial charge on any atom is 0.315 e. The highest BCUT2D eigenvalue weighted by atomic mass is 16.5. The quantitative estimate of drug-likeness (QED) is 0.335. The Labute approximate surface area is 125 Å². The van der Waals surface area contributed by atoms with Crippen LogP contribution in [-0.4, -0.2) is 43.7 Å². The largest absolute Gasteiger partial charge is 0.466 e. The van der Waals surface area contributed by atoms with Gasteiger partial charge in [-0.15, -0.1) is 0 Å². The predicted octanol–water partition coefficient (Wildman–Crippen LogP) is 2.96. The molecular weight excluding hydrogens is 268 g/mol. The molecule has 0 amide bonds. The topological polar surface area (TPSA) is 78.3 Å². The first-order chi connectivity index (χ1) is 10.0.